The van der Waals surface area contributed by atoms with Crippen LogP contribution in [0, 0.1) is 0 Å². The quantitative estimate of drug-likeness (QED) is 0.800. The fourth-order valence-electron chi connectivity index (χ4n) is 2.27. The number of amides is 2. The Kier molecular flexibility index (Phi) is 4.39. The van der Waals surface area contributed by atoms with Gasteiger partial charge in [0.1, 0.15) is 5.69 Å². The molecule has 1 saturated heterocycles. The van der Waals surface area contributed by atoms with Crippen molar-refractivity contribution in [3.05, 3.63) is 23.5 Å². The Hall–Kier alpha value is -2.31. The molecule has 20 heavy (non-hydrogen) atoms. The molecule has 0 aliphatic carbocycles. The highest BCUT2D eigenvalue weighted by Gasteiger charge is 2.25. The van der Waals surface area contributed by atoms with Crippen molar-refractivity contribution in [1.82, 2.24) is 15.2 Å². The van der Waals surface area contributed by atoms with E-state index in [1.165, 1.54) is 7.11 Å². The normalized spacial score (nSPS) is 18.4. The monoisotopic (exact) mass is 279 g/mol. The minimum atomic E-state index is -0.382. The minimum Gasteiger partial charge on any atom is -0.453 e. The van der Waals surface area contributed by atoms with Gasteiger partial charge in [0.2, 0.25) is 0 Å². The number of rotatable bonds is 3. The highest BCUT2D eigenvalue weighted by atomic mass is 16.5. The number of aromatic nitrogens is 1. The van der Waals surface area contributed by atoms with Gasteiger partial charge in [-0.15, -0.1) is 0 Å². The molecular formula is C13H17N3O4. The van der Waals surface area contributed by atoms with Crippen LogP contribution in [0.4, 0.5) is 4.79 Å². The van der Waals surface area contributed by atoms with Gasteiger partial charge < -0.3 is 19.9 Å². The SMILES string of the molecule is COC(=O)N1CCCC(NC(=O)c2ccc(C=O)[nH]2)C1. The third-order valence-corrected chi connectivity index (χ3v) is 3.27. The van der Waals surface area contributed by atoms with Crippen molar-refractivity contribution in [2.24, 2.45) is 0 Å². The first-order chi connectivity index (χ1) is 9.63. The van der Waals surface area contributed by atoms with Crippen LogP contribution in [0.3, 0.4) is 0 Å². The molecule has 1 unspecified atom stereocenters. The lowest BCUT2D eigenvalue weighted by molar-refractivity contribution is 0.0861. The summed E-state index contributed by atoms with van der Waals surface area (Å²) in [7, 11) is 1.34. The number of ether oxygens (including phenoxy) is 1. The van der Waals surface area contributed by atoms with Crippen LogP contribution in [0.2, 0.25) is 0 Å². The number of aldehydes is 1. The predicted molar refractivity (Wildman–Crippen MR) is 70.6 cm³/mol. The Balaban J connectivity index is 1.93. The van der Waals surface area contributed by atoms with Gasteiger partial charge in [-0.1, -0.05) is 0 Å². The summed E-state index contributed by atoms with van der Waals surface area (Å²) < 4.78 is 4.67. The molecule has 1 fully saturated rings. The van der Waals surface area contributed by atoms with Crippen molar-refractivity contribution < 1.29 is 19.1 Å². The van der Waals surface area contributed by atoms with E-state index < -0.39 is 0 Å². The summed E-state index contributed by atoms with van der Waals surface area (Å²) in [5.74, 6) is -0.283. The summed E-state index contributed by atoms with van der Waals surface area (Å²) in [4.78, 5) is 38.3. The van der Waals surface area contributed by atoms with Crippen LogP contribution >= 0.6 is 0 Å². The molecule has 2 amide bonds. The maximum atomic E-state index is 12.0. The van der Waals surface area contributed by atoms with E-state index in [2.05, 4.69) is 15.0 Å². The van der Waals surface area contributed by atoms with Crippen LogP contribution < -0.4 is 5.32 Å². The zero-order valence-electron chi connectivity index (χ0n) is 11.2. The van der Waals surface area contributed by atoms with Crippen molar-refractivity contribution in [2.45, 2.75) is 18.9 Å². The molecule has 7 heteroatoms. The first-order valence-corrected chi connectivity index (χ1v) is 6.42. The summed E-state index contributed by atoms with van der Waals surface area (Å²) in [6.45, 7) is 1.07. The summed E-state index contributed by atoms with van der Waals surface area (Å²) in [5, 5.41) is 2.85. The second-order valence-corrected chi connectivity index (χ2v) is 4.67. The van der Waals surface area contributed by atoms with E-state index >= 15 is 0 Å². The van der Waals surface area contributed by atoms with E-state index in [4.69, 9.17) is 0 Å². The van der Waals surface area contributed by atoms with Crippen LogP contribution in [0.15, 0.2) is 12.1 Å². The average molecular weight is 279 g/mol. The average Bonchev–Trinajstić information content (AvgIpc) is 2.95. The maximum absolute atomic E-state index is 12.0. The van der Waals surface area contributed by atoms with E-state index in [9.17, 15) is 14.4 Å². The molecule has 0 spiro atoms. The fourth-order valence-corrected chi connectivity index (χ4v) is 2.27. The van der Waals surface area contributed by atoms with Crippen molar-refractivity contribution in [1.29, 1.82) is 0 Å². The molecule has 1 aliphatic heterocycles. The number of nitrogens with one attached hydrogen (secondary N) is 2. The molecule has 1 atom stereocenters. The largest absolute Gasteiger partial charge is 0.453 e. The third kappa shape index (κ3) is 3.17. The van der Waals surface area contributed by atoms with Gasteiger partial charge in [0, 0.05) is 19.1 Å². The highest BCUT2D eigenvalue weighted by Crippen LogP contribution is 2.12. The summed E-state index contributed by atoms with van der Waals surface area (Å²) >= 11 is 0. The van der Waals surface area contributed by atoms with Crippen LogP contribution in [0.5, 0.6) is 0 Å². The van der Waals surface area contributed by atoms with Gasteiger partial charge in [-0.25, -0.2) is 4.79 Å². The Labute approximate surface area is 116 Å². The number of piperidine rings is 1. The maximum Gasteiger partial charge on any atom is 0.409 e. The van der Waals surface area contributed by atoms with E-state index in [1.807, 2.05) is 0 Å². The van der Waals surface area contributed by atoms with E-state index in [0.29, 0.717) is 30.8 Å². The third-order valence-electron chi connectivity index (χ3n) is 3.27. The van der Waals surface area contributed by atoms with Gasteiger partial charge in [0.25, 0.3) is 5.91 Å². The van der Waals surface area contributed by atoms with Gasteiger partial charge >= 0.3 is 6.09 Å². The number of carbonyl (C=O) groups excluding carboxylic acids is 3. The molecule has 7 nitrogen and oxygen atoms in total. The standard InChI is InChI=1S/C13H17N3O4/c1-20-13(19)16-6-2-3-9(7-16)15-12(18)11-5-4-10(8-17)14-11/h4-5,8-9,14H,2-3,6-7H2,1H3,(H,15,18). The Bertz CT molecular complexity index is 511. The number of nitrogens with zero attached hydrogens (tertiary/aromatic N) is 1. The van der Waals surface area contributed by atoms with Gasteiger partial charge in [-0.2, -0.15) is 0 Å². The molecule has 1 aromatic rings. The summed E-state index contributed by atoms with van der Waals surface area (Å²) in [6, 6.07) is 2.99. The first kappa shape index (κ1) is 14.1. The van der Waals surface area contributed by atoms with E-state index in [1.54, 1.807) is 17.0 Å². The smallest absolute Gasteiger partial charge is 0.409 e. The van der Waals surface area contributed by atoms with Gasteiger partial charge in [0.05, 0.1) is 12.8 Å². The lowest BCUT2D eigenvalue weighted by Crippen LogP contribution is -2.49. The number of aromatic amines is 1. The summed E-state index contributed by atoms with van der Waals surface area (Å²) in [5.41, 5.74) is 0.692. The van der Waals surface area contributed by atoms with Crippen molar-refractivity contribution in [3.8, 4) is 0 Å². The summed E-state index contributed by atoms with van der Waals surface area (Å²) in [6.07, 6.45) is 1.88. The Morgan fingerprint density at radius 3 is 2.95 bits per heavy atom. The minimum absolute atomic E-state index is 0.113. The van der Waals surface area contributed by atoms with Crippen molar-refractivity contribution >= 4 is 18.3 Å². The van der Waals surface area contributed by atoms with Crippen molar-refractivity contribution in [2.75, 3.05) is 20.2 Å². The second kappa shape index (κ2) is 6.23. The number of hydrogen-bond acceptors (Lipinski definition) is 4. The highest BCUT2D eigenvalue weighted by molar-refractivity contribution is 5.93. The number of H-pyrrole nitrogens is 1. The first-order valence-electron chi connectivity index (χ1n) is 6.42. The molecule has 108 valence electrons. The van der Waals surface area contributed by atoms with E-state index in [0.717, 1.165) is 12.8 Å². The number of methoxy groups -OCH3 is 1. The molecule has 1 aliphatic rings. The lowest BCUT2D eigenvalue weighted by Gasteiger charge is -2.31. The van der Waals surface area contributed by atoms with Crippen LogP contribution in [0.25, 0.3) is 0 Å². The fraction of sp³-hybridized carbons (Fsp3) is 0.462. The van der Waals surface area contributed by atoms with Gasteiger partial charge in [-0.3, -0.25) is 9.59 Å². The number of hydrogen-bond donors (Lipinski definition) is 2. The number of carbonyl (C=O) groups is 3. The topological polar surface area (TPSA) is 91.5 Å². The van der Waals surface area contributed by atoms with E-state index in [-0.39, 0.29) is 18.0 Å². The zero-order chi connectivity index (χ0) is 14.5. The van der Waals surface area contributed by atoms with Gasteiger partial charge in [0.15, 0.2) is 6.29 Å². The van der Waals surface area contributed by atoms with Crippen LogP contribution in [-0.4, -0.2) is 54.4 Å². The molecule has 0 radical (unpaired) electrons. The van der Waals surface area contributed by atoms with Crippen LogP contribution in [-0.2, 0) is 4.74 Å². The molecule has 0 aromatic carbocycles. The number of likely N-dealkylation sites (tertiary alicyclic amines) is 1. The molecule has 0 saturated carbocycles. The zero-order valence-corrected chi connectivity index (χ0v) is 11.2. The molecule has 1 aromatic heterocycles. The second-order valence-electron chi connectivity index (χ2n) is 4.67. The Morgan fingerprint density at radius 1 is 1.50 bits per heavy atom. The molecule has 2 N–H and O–H groups in total. The molecular weight excluding hydrogens is 262 g/mol. The van der Waals surface area contributed by atoms with Crippen LogP contribution in [0.1, 0.15) is 33.8 Å². The lowest BCUT2D eigenvalue weighted by atomic mass is 10.1. The molecule has 0 bridgehead atoms. The van der Waals surface area contributed by atoms with Crippen molar-refractivity contribution in [3.63, 3.8) is 0 Å². The molecule has 2 rings (SSSR count). The Morgan fingerprint density at radius 2 is 2.30 bits per heavy atom. The van der Waals surface area contributed by atoms with Gasteiger partial charge in [-0.05, 0) is 25.0 Å². The molecule has 2 heterocycles. The predicted octanol–water partition coefficient (Wildman–Crippen LogP) is 0.788.